The van der Waals surface area contributed by atoms with Crippen LogP contribution in [-0.4, -0.2) is 45.1 Å². The van der Waals surface area contributed by atoms with E-state index in [4.69, 9.17) is 22.1 Å². The van der Waals surface area contributed by atoms with Gasteiger partial charge in [0.05, 0.1) is 30.1 Å². The molecule has 0 saturated carbocycles. The molecular formula is C23H27ClFN5O. The van der Waals surface area contributed by atoms with Gasteiger partial charge in [-0.1, -0.05) is 25.4 Å². The molecule has 1 fully saturated rings. The Morgan fingerprint density at radius 2 is 1.90 bits per heavy atom. The molecule has 0 bridgehead atoms. The first-order valence-electron chi connectivity index (χ1n) is 10.5. The molecule has 1 aromatic carbocycles. The highest BCUT2D eigenvalue weighted by Gasteiger charge is 2.27. The molecule has 2 aromatic heterocycles. The fourth-order valence-electron chi connectivity index (χ4n) is 4.39. The van der Waals surface area contributed by atoms with Gasteiger partial charge in [0.1, 0.15) is 11.3 Å². The van der Waals surface area contributed by atoms with Crippen molar-refractivity contribution in [2.45, 2.75) is 52.2 Å². The smallest absolute Gasteiger partial charge is 0.220 e. The average molecular weight is 444 g/mol. The Hall–Kier alpha value is -2.35. The molecule has 0 aliphatic carbocycles. The third-order valence-corrected chi connectivity index (χ3v) is 6.14. The molecule has 8 heteroatoms. The SMILES string of the molecule is CC(C)c1c(CN2C(C)COCC2C)cnc2c(F)cc(-c3nc(N)ncc3Cl)cc12. The topological polar surface area (TPSA) is 77.2 Å². The molecule has 31 heavy (non-hydrogen) atoms. The number of aromatic nitrogens is 3. The number of benzene rings is 1. The van der Waals surface area contributed by atoms with Crippen molar-refractivity contribution in [1.82, 2.24) is 19.9 Å². The van der Waals surface area contributed by atoms with E-state index in [0.29, 0.717) is 47.1 Å². The van der Waals surface area contributed by atoms with E-state index in [1.165, 1.54) is 12.3 Å². The van der Waals surface area contributed by atoms with Crippen LogP contribution in [0.4, 0.5) is 10.3 Å². The molecule has 0 spiro atoms. The first-order valence-corrected chi connectivity index (χ1v) is 10.9. The number of hydrogen-bond donors (Lipinski definition) is 1. The number of hydrogen-bond acceptors (Lipinski definition) is 6. The summed E-state index contributed by atoms with van der Waals surface area (Å²) in [5.41, 5.74) is 9.22. The lowest BCUT2D eigenvalue weighted by Gasteiger charge is -2.39. The van der Waals surface area contributed by atoms with Crippen molar-refractivity contribution in [2.75, 3.05) is 18.9 Å². The van der Waals surface area contributed by atoms with Gasteiger partial charge in [-0.25, -0.2) is 14.4 Å². The first-order chi connectivity index (χ1) is 14.8. The predicted molar refractivity (Wildman–Crippen MR) is 122 cm³/mol. The van der Waals surface area contributed by atoms with Gasteiger partial charge in [-0.2, -0.15) is 0 Å². The van der Waals surface area contributed by atoms with Crippen LogP contribution in [0.2, 0.25) is 5.02 Å². The van der Waals surface area contributed by atoms with E-state index in [0.717, 1.165) is 23.1 Å². The average Bonchev–Trinajstić information content (AvgIpc) is 2.71. The maximum Gasteiger partial charge on any atom is 0.220 e. The second-order valence-electron chi connectivity index (χ2n) is 8.54. The number of ether oxygens (including phenoxy) is 1. The number of fused-ring (bicyclic) bond motifs is 1. The normalized spacial score (nSPS) is 20.0. The number of pyridine rings is 1. The van der Waals surface area contributed by atoms with Gasteiger partial charge in [-0.05, 0) is 43.0 Å². The monoisotopic (exact) mass is 443 g/mol. The number of nitrogens with two attached hydrogens (primary N) is 1. The molecule has 6 nitrogen and oxygen atoms in total. The third kappa shape index (κ3) is 4.22. The summed E-state index contributed by atoms with van der Waals surface area (Å²) in [5.74, 6) is -0.152. The molecular weight excluding hydrogens is 417 g/mol. The largest absolute Gasteiger partial charge is 0.378 e. The zero-order chi connectivity index (χ0) is 22.3. The number of nitrogens with zero attached hydrogens (tertiary/aromatic N) is 4. The van der Waals surface area contributed by atoms with E-state index < -0.39 is 5.82 Å². The van der Waals surface area contributed by atoms with Crippen LogP contribution >= 0.6 is 11.6 Å². The van der Waals surface area contributed by atoms with Gasteiger partial charge in [0.2, 0.25) is 5.95 Å². The minimum absolute atomic E-state index is 0.0890. The van der Waals surface area contributed by atoms with Crippen molar-refractivity contribution in [3.8, 4) is 11.3 Å². The predicted octanol–water partition coefficient (Wildman–Crippen LogP) is 4.80. The fourth-order valence-corrected chi connectivity index (χ4v) is 4.59. The van der Waals surface area contributed by atoms with Gasteiger partial charge in [0.15, 0.2) is 0 Å². The second-order valence-corrected chi connectivity index (χ2v) is 8.95. The third-order valence-electron chi connectivity index (χ3n) is 5.87. The van der Waals surface area contributed by atoms with Gasteiger partial charge in [0, 0.05) is 35.8 Å². The van der Waals surface area contributed by atoms with E-state index in [1.807, 2.05) is 12.3 Å². The van der Waals surface area contributed by atoms with Crippen LogP contribution in [0, 0.1) is 5.82 Å². The van der Waals surface area contributed by atoms with E-state index in [2.05, 4.69) is 47.5 Å². The molecule has 1 aliphatic rings. The van der Waals surface area contributed by atoms with Crippen LogP contribution < -0.4 is 5.73 Å². The number of nitrogen functional groups attached to an aromatic ring is 1. The van der Waals surface area contributed by atoms with Crippen LogP contribution in [0.1, 0.15) is 44.7 Å². The van der Waals surface area contributed by atoms with Crippen molar-refractivity contribution < 1.29 is 9.13 Å². The van der Waals surface area contributed by atoms with E-state index in [9.17, 15) is 0 Å². The van der Waals surface area contributed by atoms with Crippen molar-refractivity contribution in [3.05, 3.63) is 46.5 Å². The quantitative estimate of drug-likeness (QED) is 0.624. The molecule has 2 atom stereocenters. The van der Waals surface area contributed by atoms with Crippen molar-refractivity contribution in [1.29, 1.82) is 0 Å². The fraction of sp³-hybridized carbons (Fsp3) is 0.435. The second kappa shape index (κ2) is 8.65. The van der Waals surface area contributed by atoms with Crippen molar-refractivity contribution >= 4 is 28.5 Å². The maximum atomic E-state index is 15.1. The lowest BCUT2D eigenvalue weighted by atomic mass is 9.91. The van der Waals surface area contributed by atoms with Crippen LogP contribution in [0.3, 0.4) is 0 Å². The van der Waals surface area contributed by atoms with Crippen LogP contribution in [0.15, 0.2) is 24.5 Å². The molecule has 0 radical (unpaired) electrons. The highest BCUT2D eigenvalue weighted by molar-refractivity contribution is 6.33. The number of rotatable bonds is 4. The van der Waals surface area contributed by atoms with Gasteiger partial charge < -0.3 is 10.5 Å². The Bertz CT molecular complexity index is 1110. The lowest BCUT2D eigenvalue weighted by molar-refractivity contribution is -0.0411. The van der Waals surface area contributed by atoms with E-state index in [1.54, 1.807) is 0 Å². The van der Waals surface area contributed by atoms with Gasteiger partial charge in [-0.15, -0.1) is 0 Å². The zero-order valence-corrected chi connectivity index (χ0v) is 18.9. The standard InChI is InChI=1S/C23H27ClFN5O/c1-12(2)20-16(9-30-13(3)10-31-11-14(30)4)7-27-22-17(20)5-15(6-19(22)25)21-18(24)8-28-23(26)29-21/h5-8,12-14H,9-11H2,1-4H3,(H2,26,28,29). The Morgan fingerprint density at radius 3 is 2.58 bits per heavy atom. The minimum Gasteiger partial charge on any atom is -0.378 e. The molecule has 4 rings (SSSR count). The summed E-state index contributed by atoms with van der Waals surface area (Å²) in [5, 5.41) is 1.09. The van der Waals surface area contributed by atoms with Crippen molar-refractivity contribution in [3.63, 3.8) is 0 Å². The van der Waals surface area contributed by atoms with Gasteiger partial charge in [-0.3, -0.25) is 9.88 Å². The Kier molecular flexibility index (Phi) is 6.10. The summed E-state index contributed by atoms with van der Waals surface area (Å²) in [6.45, 7) is 10.7. The Morgan fingerprint density at radius 1 is 1.19 bits per heavy atom. The molecule has 2 unspecified atom stereocenters. The summed E-state index contributed by atoms with van der Waals surface area (Å²) >= 11 is 6.29. The van der Waals surface area contributed by atoms with E-state index in [-0.39, 0.29) is 11.9 Å². The minimum atomic E-state index is -0.415. The summed E-state index contributed by atoms with van der Waals surface area (Å²) in [6.07, 6.45) is 3.24. The maximum absolute atomic E-state index is 15.1. The zero-order valence-electron chi connectivity index (χ0n) is 18.2. The summed E-state index contributed by atoms with van der Waals surface area (Å²) in [4.78, 5) is 15.0. The van der Waals surface area contributed by atoms with Crippen molar-refractivity contribution in [2.24, 2.45) is 0 Å². The molecule has 3 aromatic rings. The summed E-state index contributed by atoms with van der Waals surface area (Å²) < 4.78 is 20.8. The number of halogens is 2. The summed E-state index contributed by atoms with van der Waals surface area (Å²) in [6, 6.07) is 3.90. The highest BCUT2D eigenvalue weighted by Crippen LogP contribution is 2.35. The van der Waals surface area contributed by atoms with Crippen LogP contribution in [0.25, 0.3) is 22.2 Å². The molecule has 0 amide bonds. The van der Waals surface area contributed by atoms with Gasteiger partial charge in [0.25, 0.3) is 0 Å². The molecule has 164 valence electrons. The Labute approximate surface area is 186 Å². The molecule has 2 N–H and O–H groups in total. The highest BCUT2D eigenvalue weighted by atomic mass is 35.5. The van der Waals surface area contributed by atoms with Crippen LogP contribution in [0.5, 0.6) is 0 Å². The number of morpholine rings is 1. The van der Waals surface area contributed by atoms with Gasteiger partial charge >= 0.3 is 0 Å². The lowest BCUT2D eigenvalue weighted by Crippen LogP contribution is -2.49. The molecule has 1 aliphatic heterocycles. The molecule has 3 heterocycles. The Balaban J connectivity index is 1.87. The summed E-state index contributed by atoms with van der Waals surface area (Å²) in [7, 11) is 0. The molecule has 1 saturated heterocycles. The van der Waals surface area contributed by atoms with Crippen LogP contribution in [-0.2, 0) is 11.3 Å². The number of anilines is 1. The first kappa shape index (κ1) is 21.9. The van der Waals surface area contributed by atoms with E-state index >= 15 is 4.39 Å².